The highest BCUT2D eigenvalue weighted by Gasteiger charge is 2.35. The molecule has 1 aliphatic heterocycles. The molecule has 1 atom stereocenters. The second-order valence-corrected chi connectivity index (χ2v) is 6.39. The molecule has 0 aliphatic carbocycles. The minimum Gasteiger partial charge on any atom is -0.444 e. The van der Waals surface area contributed by atoms with E-state index >= 15 is 0 Å². The number of aliphatic hydroxyl groups is 1. The van der Waals surface area contributed by atoms with Crippen molar-refractivity contribution in [2.45, 2.75) is 45.3 Å². The first-order chi connectivity index (χ1) is 9.28. The second kappa shape index (κ2) is 5.44. The molecule has 0 aromatic heterocycles. The van der Waals surface area contributed by atoms with Crippen molar-refractivity contribution in [1.29, 1.82) is 0 Å². The molecule has 110 valence electrons. The fourth-order valence-electron chi connectivity index (χ4n) is 2.41. The van der Waals surface area contributed by atoms with Gasteiger partial charge in [0.15, 0.2) is 0 Å². The molecule has 1 aromatic rings. The van der Waals surface area contributed by atoms with Gasteiger partial charge in [0.2, 0.25) is 0 Å². The van der Waals surface area contributed by atoms with Crippen molar-refractivity contribution in [2.75, 3.05) is 13.1 Å². The van der Waals surface area contributed by atoms with E-state index < -0.39 is 11.7 Å². The standard InChI is InChI=1S/C16H23NO3/c1-11(18)13-7-5-6-8-14(13)12-9-17(10-12)15(19)20-16(2,3)4/h5-8,11-12,18H,9-10H2,1-4H3/t11-/m0/s1. The van der Waals surface area contributed by atoms with Crippen molar-refractivity contribution in [3.63, 3.8) is 0 Å². The third-order valence-electron chi connectivity index (χ3n) is 3.42. The number of ether oxygens (including phenoxy) is 1. The van der Waals surface area contributed by atoms with Gasteiger partial charge < -0.3 is 14.7 Å². The Balaban J connectivity index is 1.99. The van der Waals surface area contributed by atoms with Crippen LogP contribution >= 0.6 is 0 Å². The summed E-state index contributed by atoms with van der Waals surface area (Å²) < 4.78 is 5.34. The summed E-state index contributed by atoms with van der Waals surface area (Å²) in [4.78, 5) is 13.6. The lowest BCUT2D eigenvalue weighted by Crippen LogP contribution is -2.50. The molecule has 0 saturated carbocycles. The van der Waals surface area contributed by atoms with E-state index in [1.54, 1.807) is 11.8 Å². The maximum Gasteiger partial charge on any atom is 0.410 e. The Kier molecular flexibility index (Phi) is 4.04. The van der Waals surface area contributed by atoms with Gasteiger partial charge in [0, 0.05) is 19.0 Å². The Morgan fingerprint density at radius 3 is 2.50 bits per heavy atom. The Hall–Kier alpha value is -1.55. The quantitative estimate of drug-likeness (QED) is 0.903. The lowest BCUT2D eigenvalue weighted by Gasteiger charge is -2.40. The third-order valence-corrected chi connectivity index (χ3v) is 3.42. The monoisotopic (exact) mass is 277 g/mol. The summed E-state index contributed by atoms with van der Waals surface area (Å²) in [5, 5.41) is 9.80. The number of benzene rings is 1. The van der Waals surface area contributed by atoms with Gasteiger partial charge in [-0.15, -0.1) is 0 Å². The van der Waals surface area contributed by atoms with Crippen LogP contribution in [0.4, 0.5) is 4.79 Å². The first kappa shape index (κ1) is 14.9. The molecule has 20 heavy (non-hydrogen) atoms. The zero-order valence-electron chi connectivity index (χ0n) is 12.6. The highest BCUT2D eigenvalue weighted by Crippen LogP contribution is 2.32. The highest BCUT2D eigenvalue weighted by atomic mass is 16.6. The molecule has 0 spiro atoms. The van der Waals surface area contributed by atoms with Crippen LogP contribution in [0.25, 0.3) is 0 Å². The molecule has 1 aliphatic rings. The largest absolute Gasteiger partial charge is 0.444 e. The zero-order chi connectivity index (χ0) is 14.9. The van der Waals surface area contributed by atoms with Gasteiger partial charge in [0.25, 0.3) is 0 Å². The molecule has 1 saturated heterocycles. The van der Waals surface area contributed by atoms with Gasteiger partial charge in [-0.05, 0) is 38.8 Å². The van der Waals surface area contributed by atoms with E-state index in [4.69, 9.17) is 4.74 Å². The molecule has 1 aromatic carbocycles. The van der Waals surface area contributed by atoms with Crippen molar-refractivity contribution in [2.24, 2.45) is 0 Å². The van der Waals surface area contributed by atoms with Crippen LogP contribution in [0.3, 0.4) is 0 Å². The van der Waals surface area contributed by atoms with Crippen LogP contribution in [-0.4, -0.2) is 34.8 Å². The molecule has 0 bridgehead atoms. The van der Waals surface area contributed by atoms with Crippen LogP contribution in [0.1, 0.15) is 50.8 Å². The minimum absolute atomic E-state index is 0.261. The predicted octanol–water partition coefficient (Wildman–Crippen LogP) is 3.07. The van der Waals surface area contributed by atoms with Crippen LogP contribution in [-0.2, 0) is 4.74 Å². The van der Waals surface area contributed by atoms with E-state index in [0.29, 0.717) is 13.1 Å². The maximum absolute atomic E-state index is 11.9. The summed E-state index contributed by atoms with van der Waals surface area (Å²) in [5.41, 5.74) is 1.61. The Labute approximate surface area is 120 Å². The van der Waals surface area contributed by atoms with E-state index in [-0.39, 0.29) is 12.0 Å². The van der Waals surface area contributed by atoms with Gasteiger partial charge in [-0.25, -0.2) is 4.79 Å². The lowest BCUT2D eigenvalue weighted by molar-refractivity contribution is 0.00800. The second-order valence-electron chi connectivity index (χ2n) is 6.39. The van der Waals surface area contributed by atoms with Crippen molar-refractivity contribution in [3.8, 4) is 0 Å². The van der Waals surface area contributed by atoms with Gasteiger partial charge in [-0.3, -0.25) is 0 Å². The number of hydrogen-bond acceptors (Lipinski definition) is 3. The summed E-state index contributed by atoms with van der Waals surface area (Å²) in [7, 11) is 0. The first-order valence-corrected chi connectivity index (χ1v) is 7.03. The molecular formula is C16H23NO3. The van der Waals surface area contributed by atoms with E-state index in [1.807, 2.05) is 45.0 Å². The van der Waals surface area contributed by atoms with Crippen LogP contribution in [0, 0.1) is 0 Å². The number of carbonyl (C=O) groups is 1. The van der Waals surface area contributed by atoms with E-state index in [9.17, 15) is 9.90 Å². The van der Waals surface area contributed by atoms with Gasteiger partial charge in [0.1, 0.15) is 5.60 Å². The van der Waals surface area contributed by atoms with Gasteiger partial charge in [0.05, 0.1) is 6.10 Å². The smallest absolute Gasteiger partial charge is 0.410 e. The first-order valence-electron chi connectivity index (χ1n) is 7.03. The summed E-state index contributed by atoms with van der Waals surface area (Å²) in [6.45, 7) is 8.67. The van der Waals surface area contributed by atoms with Gasteiger partial charge in [-0.2, -0.15) is 0 Å². The molecule has 1 amide bonds. The molecule has 1 N–H and O–H groups in total. The number of hydrogen-bond donors (Lipinski definition) is 1. The predicted molar refractivity (Wildman–Crippen MR) is 77.6 cm³/mol. The normalized spacial score (nSPS) is 17.6. The van der Waals surface area contributed by atoms with Gasteiger partial charge in [-0.1, -0.05) is 24.3 Å². The number of nitrogens with zero attached hydrogens (tertiary/aromatic N) is 1. The van der Waals surface area contributed by atoms with E-state index in [2.05, 4.69) is 0 Å². The number of aliphatic hydroxyl groups excluding tert-OH is 1. The average Bonchev–Trinajstić information content (AvgIpc) is 2.24. The SMILES string of the molecule is C[C@H](O)c1ccccc1C1CN(C(=O)OC(C)(C)C)C1. The van der Waals surface area contributed by atoms with Crippen LogP contribution in [0.5, 0.6) is 0 Å². The average molecular weight is 277 g/mol. The molecule has 2 rings (SSSR count). The number of carbonyl (C=O) groups excluding carboxylic acids is 1. The molecule has 1 fully saturated rings. The highest BCUT2D eigenvalue weighted by molar-refractivity contribution is 5.69. The van der Waals surface area contributed by atoms with Crippen molar-refractivity contribution in [3.05, 3.63) is 35.4 Å². The van der Waals surface area contributed by atoms with E-state index in [0.717, 1.165) is 11.1 Å². The van der Waals surface area contributed by atoms with Crippen molar-refractivity contribution in [1.82, 2.24) is 4.90 Å². The Morgan fingerprint density at radius 2 is 1.95 bits per heavy atom. The Bertz CT molecular complexity index is 485. The molecule has 0 radical (unpaired) electrons. The van der Waals surface area contributed by atoms with Crippen LogP contribution < -0.4 is 0 Å². The fraction of sp³-hybridized carbons (Fsp3) is 0.562. The van der Waals surface area contributed by atoms with Crippen molar-refractivity contribution >= 4 is 6.09 Å². The fourth-order valence-corrected chi connectivity index (χ4v) is 2.41. The summed E-state index contributed by atoms with van der Waals surface area (Å²) in [5.74, 6) is 0.285. The summed E-state index contributed by atoms with van der Waals surface area (Å²) in [6, 6.07) is 7.86. The minimum atomic E-state index is -0.484. The number of likely N-dealkylation sites (tertiary alicyclic amines) is 1. The summed E-state index contributed by atoms with van der Waals surface area (Å²) >= 11 is 0. The third kappa shape index (κ3) is 3.31. The van der Waals surface area contributed by atoms with Crippen molar-refractivity contribution < 1.29 is 14.6 Å². The maximum atomic E-state index is 11.9. The molecule has 4 heteroatoms. The molecular weight excluding hydrogens is 254 g/mol. The lowest BCUT2D eigenvalue weighted by atomic mass is 9.87. The van der Waals surface area contributed by atoms with Gasteiger partial charge >= 0.3 is 6.09 Å². The zero-order valence-corrected chi connectivity index (χ0v) is 12.6. The van der Waals surface area contributed by atoms with E-state index in [1.165, 1.54) is 0 Å². The van der Waals surface area contributed by atoms with Crippen LogP contribution in [0.15, 0.2) is 24.3 Å². The molecule has 1 heterocycles. The summed E-state index contributed by atoms with van der Waals surface area (Å²) in [6.07, 6.45) is -0.745. The topological polar surface area (TPSA) is 49.8 Å². The molecule has 4 nitrogen and oxygen atoms in total. The molecule has 0 unspecified atom stereocenters. The Morgan fingerprint density at radius 1 is 1.35 bits per heavy atom. The number of rotatable bonds is 2. The van der Waals surface area contributed by atoms with Crippen LogP contribution in [0.2, 0.25) is 0 Å². The number of amides is 1.